The third-order valence-electron chi connectivity index (χ3n) is 9.45. The summed E-state index contributed by atoms with van der Waals surface area (Å²) in [6, 6.07) is 53.3. The van der Waals surface area contributed by atoms with Crippen molar-refractivity contribution in [3.05, 3.63) is 157 Å². The second-order valence-corrected chi connectivity index (χ2v) is 12.1. The summed E-state index contributed by atoms with van der Waals surface area (Å²) in [7, 11) is 0. The Kier molecular flexibility index (Phi) is 5.73. The standard InChI is InChI=1S/C43H28N2/c44-27-28-10-11-32-23-33(13-12-31(32)22-28)34-18-21-38-35(24-34)14-15-36-25-43-41(26-40(36)38)39-8-4-5-9-42(39)45(43)37-19-16-30(17-20-37)29-6-2-1-3-7-29/h1-21,23-26,28H,22H2. The van der Waals surface area contributed by atoms with E-state index in [1.165, 1.54) is 76.7 Å². The van der Waals surface area contributed by atoms with E-state index < -0.39 is 0 Å². The molecule has 1 atom stereocenters. The smallest absolute Gasteiger partial charge is 0.0701 e. The summed E-state index contributed by atoms with van der Waals surface area (Å²) in [5.41, 5.74) is 10.9. The SMILES string of the molecule is N#CC1C=Cc2cc(-c3ccc4c(ccc5cc6c(cc54)c4ccccc4n6-c4ccc(-c5ccccc5)cc4)c3)ccc2C1. The molecule has 1 aliphatic carbocycles. The number of hydrogen-bond donors (Lipinski definition) is 0. The minimum Gasteiger partial charge on any atom is -0.309 e. The van der Waals surface area contributed by atoms with Crippen molar-refractivity contribution in [3.63, 3.8) is 0 Å². The Morgan fingerprint density at radius 3 is 2.09 bits per heavy atom. The van der Waals surface area contributed by atoms with Crippen LogP contribution in [0.4, 0.5) is 0 Å². The number of aromatic nitrogens is 1. The van der Waals surface area contributed by atoms with Gasteiger partial charge in [-0.1, -0.05) is 109 Å². The molecule has 1 aromatic heterocycles. The molecule has 9 rings (SSSR count). The van der Waals surface area contributed by atoms with Crippen LogP contribution in [0.2, 0.25) is 0 Å². The van der Waals surface area contributed by atoms with E-state index in [0.29, 0.717) is 0 Å². The summed E-state index contributed by atoms with van der Waals surface area (Å²) in [6.07, 6.45) is 4.91. The van der Waals surface area contributed by atoms with Crippen molar-refractivity contribution >= 4 is 49.4 Å². The average Bonchev–Trinajstić information content (AvgIpc) is 3.43. The first-order chi connectivity index (χ1) is 22.2. The first kappa shape index (κ1) is 25.6. The van der Waals surface area contributed by atoms with E-state index in [4.69, 9.17) is 0 Å². The molecule has 0 aliphatic heterocycles. The molecule has 0 spiro atoms. The van der Waals surface area contributed by atoms with Gasteiger partial charge < -0.3 is 4.57 Å². The average molecular weight is 573 g/mol. The lowest BCUT2D eigenvalue weighted by Crippen LogP contribution is -2.04. The van der Waals surface area contributed by atoms with Gasteiger partial charge in [0.2, 0.25) is 0 Å². The highest BCUT2D eigenvalue weighted by Crippen LogP contribution is 2.38. The molecule has 1 heterocycles. The Morgan fingerprint density at radius 2 is 1.24 bits per heavy atom. The number of nitrogens with zero attached hydrogens (tertiary/aromatic N) is 2. The Labute approximate surface area is 261 Å². The molecule has 0 radical (unpaired) electrons. The second kappa shape index (κ2) is 10.1. The van der Waals surface area contributed by atoms with Gasteiger partial charge in [-0.3, -0.25) is 0 Å². The van der Waals surface area contributed by atoms with Crippen LogP contribution >= 0.6 is 0 Å². The molecule has 0 saturated carbocycles. The molecule has 0 saturated heterocycles. The summed E-state index contributed by atoms with van der Waals surface area (Å²) >= 11 is 0. The molecule has 0 N–H and O–H groups in total. The van der Waals surface area contributed by atoms with E-state index in [0.717, 1.165) is 12.1 Å². The Hall–Kier alpha value is -5.91. The van der Waals surface area contributed by atoms with Gasteiger partial charge >= 0.3 is 0 Å². The molecule has 45 heavy (non-hydrogen) atoms. The molecular weight excluding hydrogens is 544 g/mol. The fourth-order valence-electron chi connectivity index (χ4n) is 7.15. The van der Waals surface area contributed by atoms with Crippen molar-refractivity contribution in [1.82, 2.24) is 4.57 Å². The van der Waals surface area contributed by atoms with Crippen LogP contribution in [0, 0.1) is 17.2 Å². The lowest BCUT2D eigenvalue weighted by molar-refractivity contribution is 0.811. The molecule has 8 aromatic rings. The predicted octanol–water partition coefficient (Wildman–Crippen LogP) is 11.1. The van der Waals surface area contributed by atoms with Gasteiger partial charge in [0.05, 0.1) is 23.0 Å². The van der Waals surface area contributed by atoms with Gasteiger partial charge in [-0.15, -0.1) is 0 Å². The number of benzene rings is 7. The first-order valence-electron chi connectivity index (χ1n) is 15.5. The molecule has 0 bridgehead atoms. The van der Waals surface area contributed by atoms with Crippen molar-refractivity contribution in [2.24, 2.45) is 5.92 Å². The van der Waals surface area contributed by atoms with E-state index in [-0.39, 0.29) is 5.92 Å². The van der Waals surface area contributed by atoms with E-state index in [1.807, 2.05) is 6.08 Å². The molecule has 2 nitrogen and oxygen atoms in total. The highest BCUT2D eigenvalue weighted by Gasteiger charge is 2.16. The van der Waals surface area contributed by atoms with Crippen LogP contribution in [0.3, 0.4) is 0 Å². The number of rotatable bonds is 3. The summed E-state index contributed by atoms with van der Waals surface area (Å²) in [4.78, 5) is 0. The van der Waals surface area contributed by atoms with Crippen LogP contribution in [0.5, 0.6) is 0 Å². The third kappa shape index (κ3) is 4.17. The van der Waals surface area contributed by atoms with E-state index in [1.54, 1.807) is 0 Å². The number of nitriles is 1. The van der Waals surface area contributed by atoms with Crippen LogP contribution in [-0.4, -0.2) is 4.57 Å². The quantitative estimate of drug-likeness (QED) is 0.194. The fraction of sp³-hybridized carbons (Fsp3) is 0.0465. The van der Waals surface area contributed by atoms with Gasteiger partial charge in [0.1, 0.15) is 0 Å². The van der Waals surface area contributed by atoms with Crippen LogP contribution in [-0.2, 0) is 6.42 Å². The van der Waals surface area contributed by atoms with E-state index in [2.05, 4.69) is 156 Å². The monoisotopic (exact) mass is 572 g/mol. The number of para-hydroxylation sites is 1. The summed E-state index contributed by atoms with van der Waals surface area (Å²) in [5.74, 6) is -0.0296. The summed E-state index contributed by atoms with van der Waals surface area (Å²) < 4.78 is 2.40. The van der Waals surface area contributed by atoms with Crippen LogP contribution in [0.15, 0.2) is 146 Å². The summed E-state index contributed by atoms with van der Waals surface area (Å²) in [6.45, 7) is 0. The number of fused-ring (bicyclic) bond motifs is 7. The van der Waals surface area contributed by atoms with Gasteiger partial charge in [0, 0.05) is 16.5 Å². The molecule has 1 unspecified atom stereocenters. The molecule has 1 aliphatic rings. The van der Waals surface area contributed by atoms with Gasteiger partial charge in [0.15, 0.2) is 0 Å². The second-order valence-electron chi connectivity index (χ2n) is 12.1. The maximum absolute atomic E-state index is 9.33. The van der Waals surface area contributed by atoms with Crippen LogP contribution in [0.25, 0.3) is 77.4 Å². The molecule has 210 valence electrons. The van der Waals surface area contributed by atoms with Crippen LogP contribution < -0.4 is 0 Å². The zero-order valence-corrected chi connectivity index (χ0v) is 24.6. The summed E-state index contributed by atoms with van der Waals surface area (Å²) in [5, 5.41) is 16.9. The van der Waals surface area contributed by atoms with E-state index >= 15 is 0 Å². The zero-order valence-electron chi connectivity index (χ0n) is 24.6. The lowest BCUT2D eigenvalue weighted by Gasteiger charge is -2.15. The minimum absolute atomic E-state index is 0.0296. The molecule has 7 aromatic carbocycles. The zero-order chi connectivity index (χ0) is 29.9. The maximum Gasteiger partial charge on any atom is 0.0701 e. The molecular formula is C43H28N2. The van der Waals surface area contributed by atoms with Crippen molar-refractivity contribution in [1.29, 1.82) is 5.26 Å². The molecule has 0 fully saturated rings. The first-order valence-corrected chi connectivity index (χ1v) is 15.5. The van der Waals surface area contributed by atoms with Crippen LogP contribution in [0.1, 0.15) is 11.1 Å². The highest BCUT2D eigenvalue weighted by molar-refractivity contribution is 6.18. The maximum atomic E-state index is 9.33. The number of allylic oxidation sites excluding steroid dienone is 1. The lowest BCUT2D eigenvalue weighted by atomic mass is 9.88. The van der Waals surface area contributed by atoms with Gasteiger partial charge in [-0.2, -0.15) is 5.26 Å². The Bertz CT molecular complexity index is 2510. The third-order valence-corrected chi connectivity index (χ3v) is 9.45. The number of hydrogen-bond acceptors (Lipinski definition) is 1. The van der Waals surface area contributed by atoms with E-state index in [9.17, 15) is 5.26 Å². The predicted molar refractivity (Wildman–Crippen MR) is 189 cm³/mol. The van der Waals surface area contributed by atoms with Gasteiger partial charge in [-0.05, 0) is 104 Å². The van der Waals surface area contributed by atoms with Gasteiger partial charge in [-0.25, -0.2) is 0 Å². The van der Waals surface area contributed by atoms with Crippen molar-refractivity contribution in [3.8, 4) is 34.0 Å². The molecule has 2 heteroatoms. The Morgan fingerprint density at radius 1 is 0.533 bits per heavy atom. The largest absolute Gasteiger partial charge is 0.309 e. The Balaban J connectivity index is 1.17. The topological polar surface area (TPSA) is 28.7 Å². The van der Waals surface area contributed by atoms with Crippen molar-refractivity contribution in [2.75, 3.05) is 0 Å². The van der Waals surface area contributed by atoms with Gasteiger partial charge in [0.25, 0.3) is 0 Å². The molecule has 0 amide bonds. The van der Waals surface area contributed by atoms with Crippen molar-refractivity contribution < 1.29 is 0 Å². The highest BCUT2D eigenvalue weighted by atomic mass is 15.0. The minimum atomic E-state index is -0.0296. The van der Waals surface area contributed by atoms with Crippen molar-refractivity contribution in [2.45, 2.75) is 6.42 Å². The fourth-order valence-corrected chi connectivity index (χ4v) is 7.15. The normalized spacial score (nSPS) is 14.2.